The van der Waals surface area contributed by atoms with E-state index < -0.39 is 0 Å². The quantitative estimate of drug-likeness (QED) is 0.728. The molecule has 0 saturated heterocycles. The average Bonchev–Trinajstić information content (AvgIpc) is 2.48. The Bertz CT molecular complexity index is 226. The van der Waals surface area contributed by atoms with Crippen molar-refractivity contribution in [3.05, 3.63) is 18.5 Å². The number of hydrogen-bond acceptors (Lipinski definition) is 3. The lowest BCUT2D eigenvalue weighted by atomic mass is 10.1. The summed E-state index contributed by atoms with van der Waals surface area (Å²) < 4.78 is 1.94. The molecule has 0 bridgehead atoms. The van der Waals surface area contributed by atoms with Crippen LogP contribution in [-0.4, -0.2) is 26.8 Å². The first-order valence-corrected chi connectivity index (χ1v) is 5.57. The maximum absolute atomic E-state index is 5.85. The van der Waals surface area contributed by atoms with Crippen molar-refractivity contribution in [3.8, 4) is 0 Å². The maximum atomic E-state index is 5.85. The van der Waals surface area contributed by atoms with Crippen LogP contribution in [0.5, 0.6) is 0 Å². The number of nitrogens with two attached hydrogens (primary N) is 1. The summed E-state index contributed by atoms with van der Waals surface area (Å²) in [6.07, 6.45) is 3.78. The molecule has 0 aliphatic carbocycles. The van der Waals surface area contributed by atoms with Crippen molar-refractivity contribution in [3.63, 3.8) is 0 Å². The van der Waals surface area contributed by atoms with Crippen molar-refractivity contribution in [1.82, 2.24) is 9.78 Å². The van der Waals surface area contributed by atoms with Gasteiger partial charge >= 0.3 is 0 Å². The molecule has 0 saturated carbocycles. The zero-order chi connectivity index (χ0) is 9.73. The summed E-state index contributed by atoms with van der Waals surface area (Å²) in [6.45, 7) is 5.07. The molecule has 4 heteroatoms. The third-order valence-electron chi connectivity index (χ3n) is 1.50. The van der Waals surface area contributed by atoms with Crippen LogP contribution in [-0.2, 0) is 6.54 Å². The Kier molecular flexibility index (Phi) is 3.81. The van der Waals surface area contributed by atoms with Crippen LogP contribution in [0.15, 0.2) is 18.5 Å². The summed E-state index contributed by atoms with van der Waals surface area (Å²) in [4.78, 5) is 0. The molecule has 1 rings (SSSR count). The van der Waals surface area contributed by atoms with E-state index in [-0.39, 0.29) is 5.54 Å². The van der Waals surface area contributed by atoms with E-state index in [1.54, 1.807) is 6.20 Å². The molecule has 0 aliphatic heterocycles. The van der Waals surface area contributed by atoms with Crippen molar-refractivity contribution >= 4 is 11.8 Å². The van der Waals surface area contributed by atoms with E-state index in [2.05, 4.69) is 5.10 Å². The van der Waals surface area contributed by atoms with Gasteiger partial charge in [-0.15, -0.1) is 0 Å². The van der Waals surface area contributed by atoms with E-state index >= 15 is 0 Å². The monoisotopic (exact) mass is 199 g/mol. The molecule has 0 fully saturated rings. The highest BCUT2D eigenvalue weighted by atomic mass is 32.2. The second-order valence-electron chi connectivity index (χ2n) is 3.81. The summed E-state index contributed by atoms with van der Waals surface area (Å²) in [6, 6.07) is 1.94. The average molecular weight is 199 g/mol. The lowest BCUT2D eigenvalue weighted by molar-refractivity contribution is 0.589. The number of rotatable bonds is 5. The van der Waals surface area contributed by atoms with Crippen molar-refractivity contribution in [1.29, 1.82) is 0 Å². The summed E-state index contributed by atoms with van der Waals surface area (Å²) in [5.41, 5.74) is 5.79. The molecule has 0 unspecified atom stereocenters. The van der Waals surface area contributed by atoms with Crippen LogP contribution in [0.1, 0.15) is 13.8 Å². The Labute approximate surface area is 83.7 Å². The lowest BCUT2D eigenvalue weighted by Gasteiger charge is -2.17. The highest BCUT2D eigenvalue weighted by Gasteiger charge is 2.09. The topological polar surface area (TPSA) is 43.8 Å². The van der Waals surface area contributed by atoms with E-state index in [9.17, 15) is 0 Å². The van der Waals surface area contributed by atoms with E-state index in [4.69, 9.17) is 5.73 Å². The number of thioether (sulfide) groups is 1. The van der Waals surface area contributed by atoms with Crippen LogP contribution in [0.3, 0.4) is 0 Å². The van der Waals surface area contributed by atoms with Crippen molar-refractivity contribution in [2.24, 2.45) is 5.73 Å². The predicted octanol–water partition coefficient (Wildman–Crippen LogP) is 1.35. The highest BCUT2D eigenvalue weighted by Crippen LogP contribution is 2.09. The second-order valence-corrected chi connectivity index (χ2v) is 4.92. The molecule has 13 heavy (non-hydrogen) atoms. The zero-order valence-corrected chi connectivity index (χ0v) is 9.05. The third-order valence-corrected chi connectivity index (χ3v) is 2.92. The smallest absolute Gasteiger partial charge is 0.0499 e. The zero-order valence-electron chi connectivity index (χ0n) is 8.23. The first kappa shape index (κ1) is 10.6. The van der Waals surface area contributed by atoms with E-state index in [1.807, 2.05) is 42.6 Å². The number of nitrogens with zero attached hydrogens (tertiary/aromatic N) is 2. The number of aryl methyl sites for hydroxylation is 1. The fourth-order valence-electron chi connectivity index (χ4n) is 0.926. The van der Waals surface area contributed by atoms with Crippen molar-refractivity contribution < 1.29 is 0 Å². The molecular weight excluding hydrogens is 182 g/mol. The van der Waals surface area contributed by atoms with Crippen LogP contribution in [0.4, 0.5) is 0 Å². The van der Waals surface area contributed by atoms with Gasteiger partial charge in [0, 0.05) is 36.0 Å². The van der Waals surface area contributed by atoms with Gasteiger partial charge in [-0.1, -0.05) is 0 Å². The molecule has 2 N–H and O–H groups in total. The summed E-state index contributed by atoms with van der Waals surface area (Å²) in [5.74, 6) is 2.07. The fourth-order valence-corrected chi connectivity index (χ4v) is 1.91. The van der Waals surface area contributed by atoms with Gasteiger partial charge in [-0.25, -0.2) is 0 Å². The van der Waals surface area contributed by atoms with Crippen LogP contribution in [0.25, 0.3) is 0 Å². The fraction of sp³-hybridized carbons (Fsp3) is 0.667. The Morgan fingerprint density at radius 2 is 2.31 bits per heavy atom. The van der Waals surface area contributed by atoms with Gasteiger partial charge in [-0.3, -0.25) is 4.68 Å². The molecule has 74 valence electrons. The molecule has 0 radical (unpaired) electrons. The van der Waals surface area contributed by atoms with Gasteiger partial charge < -0.3 is 5.73 Å². The minimum Gasteiger partial charge on any atom is -0.325 e. The van der Waals surface area contributed by atoms with Crippen LogP contribution in [0.2, 0.25) is 0 Å². The van der Waals surface area contributed by atoms with Crippen molar-refractivity contribution in [2.45, 2.75) is 25.9 Å². The molecule has 1 aromatic heterocycles. The van der Waals surface area contributed by atoms with Gasteiger partial charge in [-0.2, -0.15) is 16.9 Å². The summed E-state index contributed by atoms with van der Waals surface area (Å²) in [7, 11) is 0. The van der Waals surface area contributed by atoms with Gasteiger partial charge in [0.1, 0.15) is 0 Å². The van der Waals surface area contributed by atoms with Crippen LogP contribution >= 0.6 is 11.8 Å². The van der Waals surface area contributed by atoms with E-state index in [0.717, 1.165) is 18.1 Å². The third kappa shape index (κ3) is 4.95. The summed E-state index contributed by atoms with van der Waals surface area (Å²) >= 11 is 1.87. The minimum atomic E-state index is -0.0607. The van der Waals surface area contributed by atoms with Gasteiger partial charge in [-0.05, 0) is 19.9 Å². The van der Waals surface area contributed by atoms with Gasteiger partial charge in [0.05, 0.1) is 0 Å². The molecule has 0 spiro atoms. The molecule has 1 heterocycles. The van der Waals surface area contributed by atoms with Gasteiger partial charge in [0.25, 0.3) is 0 Å². The molecule has 1 aromatic rings. The number of hydrogen-bond donors (Lipinski definition) is 1. The van der Waals surface area contributed by atoms with Crippen molar-refractivity contribution in [2.75, 3.05) is 11.5 Å². The summed E-state index contributed by atoms with van der Waals surface area (Å²) in [5, 5.41) is 4.12. The first-order chi connectivity index (χ1) is 6.08. The van der Waals surface area contributed by atoms with Gasteiger partial charge in [0.15, 0.2) is 0 Å². The van der Waals surface area contributed by atoms with Crippen LogP contribution < -0.4 is 5.73 Å². The normalized spacial score (nSPS) is 11.9. The minimum absolute atomic E-state index is 0.0607. The van der Waals surface area contributed by atoms with E-state index in [1.165, 1.54) is 0 Å². The molecule has 0 atom stereocenters. The lowest BCUT2D eigenvalue weighted by Crippen LogP contribution is -2.34. The molecule has 0 aromatic carbocycles. The first-order valence-electron chi connectivity index (χ1n) is 4.42. The SMILES string of the molecule is CC(C)(N)CSCCn1cccn1. The standard InChI is InChI=1S/C9H17N3S/c1-9(2,10)8-13-7-6-12-5-3-4-11-12/h3-5H,6-8,10H2,1-2H3. The van der Waals surface area contributed by atoms with Gasteiger partial charge in [0.2, 0.25) is 0 Å². The maximum Gasteiger partial charge on any atom is 0.0499 e. The molecule has 3 nitrogen and oxygen atoms in total. The predicted molar refractivity (Wildman–Crippen MR) is 57.8 cm³/mol. The van der Waals surface area contributed by atoms with E-state index in [0.29, 0.717) is 0 Å². The molecule has 0 aliphatic rings. The largest absolute Gasteiger partial charge is 0.325 e. The molecular formula is C9H17N3S. The second kappa shape index (κ2) is 4.67. The highest BCUT2D eigenvalue weighted by molar-refractivity contribution is 7.99. The Morgan fingerprint density at radius 1 is 1.54 bits per heavy atom. The van der Waals surface area contributed by atoms with Crippen LogP contribution in [0, 0.1) is 0 Å². The molecule has 0 amide bonds. The Hall–Kier alpha value is -0.480. The Morgan fingerprint density at radius 3 is 2.85 bits per heavy atom. The number of aromatic nitrogens is 2. The Balaban J connectivity index is 2.09.